The summed E-state index contributed by atoms with van der Waals surface area (Å²) in [6.07, 6.45) is 9.35. The van der Waals surface area contributed by atoms with Crippen molar-refractivity contribution >= 4 is 22.5 Å². The zero-order valence-electron chi connectivity index (χ0n) is 20.2. The van der Waals surface area contributed by atoms with E-state index in [1.165, 1.54) is 0 Å². The molecule has 0 radical (unpaired) electrons. The van der Waals surface area contributed by atoms with Crippen molar-refractivity contribution in [1.82, 2.24) is 15.0 Å². The number of morpholine rings is 1. The molecular formula is C26H33N5O4. The van der Waals surface area contributed by atoms with Crippen LogP contribution in [0.3, 0.4) is 0 Å². The summed E-state index contributed by atoms with van der Waals surface area (Å²) in [5, 5.41) is 3.55. The summed E-state index contributed by atoms with van der Waals surface area (Å²) in [6.45, 7) is 4.30. The van der Waals surface area contributed by atoms with Gasteiger partial charge in [0.1, 0.15) is 29.4 Å². The number of rotatable bonds is 9. The van der Waals surface area contributed by atoms with Crippen molar-refractivity contribution in [3.05, 3.63) is 42.9 Å². The SMILES string of the molecule is COCCOc1ccc(NC2CCC(Oc3cc(N4CCOCC4)cc4nccnc34)CC2)nc1. The number of hydrogen-bond donors (Lipinski definition) is 1. The highest BCUT2D eigenvalue weighted by atomic mass is 16.5. The van der Waals surface area contributed by atoms with Gasteiger partial charge in [-0.3, -0.25) is 4.98 Å². The molecule has 1 saturated heterocycles. The van der Waals surface area contributed by atoms with Crippen LogP contribution in [0.15, 0.2) is 42.9 Å². The van der Waals surface area contributed by atoms with Crippen molar-refractivity contribution in [2.45, 2.75) is 37.8 Å². The number of nitrogens with one attached hydrogen (secondary N) is 1. The number of fused-ring (bicyclic) bond motifs is 1. The molecule has 1 aromatic carbocycles. The minimum absolute atomic E-state index is 0.155. The molecule has 2 fully saturated rings. The molecule has 3 heterocycles. The van der Waals surface area contributed by atoms with E-state index in [0.29, 0.717) is 19.3 Å². The van der Waals surface area contributed by atoms with Gasteiger partial charge >= 0.3 is 0 Å². The van der Waals surface area contributed by atoms with Crippen molar-refractivity contribution in [2.24, 2.45) is 0 Å². The molecule has 2 aromatic heterocycles. The maximum atomic E-state index is 6.53. The van der Waals surface area contributed by atoms with E-state index in [0.717, 1.165) is 86.0 Å². The van der Waals surface area contributed by atoms with E-state index in [1.807, 2.05) is 12.1 Å². The Balaban J connectivity index is 1.18. The van der Waals surface area contributed by atoms with Gasteiger partial charge in [0.2, 0.25) is 0 Å². The van der Waals surface area contributed by atoms with Crippen LogP contribution in [0.4, 0.5) is 11.5 Å². The third-order valence-corrected chi connectivity index (χ3v) is 6.51. The van der Waals surface area contributed by atoms with Crippen LogP contribution in [-0.2, 0) is 9.47 Å². The van der Waals surface area contributed by atoms with E-state index in [9.17, 15) is 0 Å². The number of ether oxygens (including phenoxy) is 4. The summed E-state index contributed by atoms with van der Waals surface area (Å²) in [6, 6.07) is 8.49. The molecule has 0 atom stereocenters. The lowest BCUT2D eigenvalue weighted by atomic mass is 9.93. The quantitative estimate of drug-likeness (QED) is 0.461. The molecule has 2 aliphatic rings. The largest absolute Gasteiger partial charge is 0.490 e. The molecule has 0 bridgehead atoms. The summed E-state index contributed by atoms with van der Waals surface area (Å²) in [5.41, 5.74) is 2.80. The molecule has 0 spiro atoms. The molecule has 3 aromatic rings. The fourth-order valence-corrected chi connectivity index (χ4v) is 4.63. The molecule has 1 aliphatic carbocycles. The monoisotopic (exact) mass is 479 g/mol. The number of hydrogen-bond acceptors (Lipinski definition) is 9. The van der Waals surface area contributed by atoms with Gasteiger partial charge in [-0.2, -0.15) is 0 Å². The maximum absolute atomic E-state index is 6.53. The lowest BCUT2D eigenvalue weighted by molar-refractivity contribution is 0.122. The van der Waals surface area contributed by atoms with Gasteiger partial charge in [0.05, 0.1) is 37.6 Å². The Hall–Kier alpha value is -3.17. The number of benzene rings is 1. The second kappa shape index (κ2) is 11.5. The molecule has 1 aliphatic heterocycles. The first kappa shape index (κ1) is 23.6. The van der Waals surface area contributed by atoms with Gasteiger partial charge in [-0.15, -0.1) is 0 Å². The highest BCUT2D eigenvalue weighted by Crippen LogP contribution is 2.33. The average Bonchev–Trinajstić information content (AvgIpc) is 2.91. The predicted molar refractivity (Wildman–Crippen MR) is 134 cm³/mol. The van der Waals surface area contributed by atoms with Gasteiger partial charge in [-0.25, -0.2) is 9.97 Å². The van der Waals surface area contributed by atoms with E-state index in [-0.39, 0.29) is 6.10 Å². The van der Waals surface area contributed by atoms with Crippen LogP contribution in [0.2, 0.25) is 0 Å². The molecule has 5 rings (SSSR count). The van der Waals surface area contributed by atoms with Crippen LogP contribution < -0.4 is 19.7 Å². The fourth-order valence-electron chi connectivity index (χ4n) is 4.63. The summed E-state index contributed by atoms with van der Waals surface area (Å²) in [5.74, 6) is 2.44. The minimum atomic E-state index is 0.155. The zero-order chi connectivity index (χ0) is 23.9. The first-order chi connectivity index (χ1) is 17.3. The molecule has 9 nitrogen and oxygen atoms in total. The van der Waals surface area contributed by atoms with Gasteiger partial charge < -0.3 is 29.2 Å². The molecule has 186 valence electrons. The fraction of sp³-hybridized carbons (Fsp3) is 0.500. The average molecular weight is 480 g/mol. The van der Waals surface area contributed by atoms with E-state index in [4.69, 9.17) is 18.9 Å². The van der Waals surface area contributed by atoms with Crippen molar-refractivity contribution in [3.63, 3.8) is 0 Å². The number of aromatic nitrogens is 3. The summed E-state index contributed by atoms with van der Waals surface area (Å²) >= 11 is 0. The predicted octanol–water partition coefficient (Wildman–Crippen LogP) is 3.69. The van der Waals surface area contributed by atoms with E-state index in [1.54, 1.807) is 25.7 Å². The number of methoxy groups -OCH3 is 1. The molecule has 1 N–H and O–H groups in total. The standard InChI is InChI=1S/C26H33N5O4/c1-32-14-15-34-22-6-7-25(29-18-22)30-19-2-4-21(5-3-19)35-24-17-20(31-10-12-33-13-11-31)16-23-26(24)28-9-8-27-23/h6-9,16-19,21H,2-5,10-15H2,1H3,(H,29,30). The molecule has 0 unspecified atom stereocenters. The van der Waals surface area contributed by atoms with Crippen LogP contribution in [0.25, 0.3) is 11.0 Å². The Kier molecular flexibility index (Phi) is 7.75. The van der Waals surface area contributed by atoms with E-state index in [2.05, 4.69) is 37.3 Å². The molecule has 9 heteroatoms. The second-order valence-corrected chi connectivity index (χ2v) is 8.92. The van der Waals surface area contributed by atoms with Gasteiger partial charge in [0.25, 0.3) is 0 Å². The van der Waals surface area contributed by atoms with Crippen LogP contribution in [0, 0.1) is 0 Å². The Labute approximate surface area is 205 Å². The lowest BCUT2D eigenvalue weighted by Gasteiger charge is -2.31. The number of pyridine rings is 1. The smallest absolute Gasteiger partial charge is 0.149 e. The van der Waals surface area contributed by atoms with Gasteiger partial charge in [-0.05, 0) is 43.9 Å². The highest BCUT2D eigenvalue weighted by molar-refractivity contribution is 5.85. The summed E-state index contributed by atoms with van der Waals surface area (Å²) < 4.78 is 22.6. The third-order valence-electron chi connectivity index (χ3n) is 6.51. The topological polar surface area (TPSA) is 90.9 Å². The molecular weight excluding hydrogens is 446 g/mol. The van der Waals surface area contributed by atoms with Crippen LogP contribution in [-0.4, -0.2) is 73.7 Å². The van der Waals surface area contributed by atoms with Crippen LogP contribution in [0.1, 0.15) is 25.7 Å². The Morgan fingerprint density at radius 3 is 2.60 bits per heavy atom. The maximum Gasteiger partial charge on any atom is 0.149 e. The van der Waals surface area contributed by atoms with Crippen LogP contribution >= 0.6 is 0 Å². The van der Waals surface area contributed by atoms with Crippen molar-refractivity contribution in [3.8, 4) is 11.5 Å². The minimum Gasteiger partial charge on any atom is -0.490 e. The van der Waals surface area contributed by atoms with Crippen molar-refractivity contribution < 1.29 is 18.9 Å². The number of anilines is 2. The summed E-state index contributed by atoms with van der Waals surface area (Å²) in [7, 11) is 1.66. The normalized spacial score (nSPS) is 20.5. The third kappa shape index (κ3) is 6.10. The van der Waals surface area contributed by atoms with Gasteiger partial charge in [-0.1, -0.05) is 0 Å². The Morgan fingerprint density at radius 1 is 1.00 bits per heavy atom. The van der Waals surface area contributed by atoms with Gasteiger partial charge in [0.15, 0.2) is 0 Å². The molecule has 0 amide bonds. The van der Waals surface area contributed by atoms with E-state index < -0.39 is 0 Å². The lowest BCUT2D eigenvalue weighted by Crippen LogP contribution is -2.36. The van der Waals surface area contributed by atoms with Crippen molar-refractivity contribution in [2.75, 3.05) is 56.8 Å². The van der Waals surface area contributed by atoms with Crippen LogP contribution in [0.5, 0.6) is 11.5 Å². The van der Waals surface area contributed by atoms with E-state index >= 15 is 0 Å². The zero-order valence-corrected chi connectivity index (χ0v) is 20.2. The second-order valence-electron chi connectivity index (χ2n) is 8.92. The molecule has 35 heavy (non-hydrogen) atoms. The Morgan fingerprint density at radius 2 is 1.83 bits per heavy atom. The van der Waals surface area contributed by atoms with Crippen molar-refractivity contribution in [1.29, 1.82) is 0 Å². The molecule has 1 saturated carbocycles. The number of nitrogens with zero attached hydrogens (tertiary/aromatic N) is 4. The Bertz CT molecular complexity index is 1080. The first-order valence-electron chi connectivity index (χ1n) is 12.4. The highest BCUT2D eigenvalue weighted by Gasteiger charge is 2.24. The van der Waals surface area contributed by atoms with Gasteiger partial charge in [0, 0.05) is 50.4 Å². The summed E-state index contributed by atoms with van der Waals surface area (Å²) in [4.78, 5) is 15.9. The first-order valence-corrected chi connectivity index (χ1v) is 12.4.